The average Bonchev–Trinajstić information content (AvgIpc) is 2.99. The first kappa shape index (κ1) is 21.0. The van der Waals surface area contributed by atoms with Gasteiger partial charge < -0.3 is 15.8 Å². The highest BCUT2D eigenvalue weighted by atomic mass is 17.0. The van der Waals surface area contributed by atoms with E-state index in [-0.39, 0.29) is 18.4 Å². The molecule has 1 heterocycles. The topological polar surface area (TPSA) is 145 Å². The Balaban J connectivity index is 1.95. The Kier molecular flexibility index (Phi) is 5.81. The van der Waals surface area contributed by atoms with Gasteiger partial charge in [0.2, 0.25) is 0 Å². The summed E-state index contributed by atoms with van der Waals surface area (Å²) in [6.07, 6.45) is -0.535. The summed E-state index contributed by atoms with van der Waals surface area (Å²) in [5, 5.41) is 12.3. The molecule has 0 aromatic heterocycles. The van der Waals surface area contributed by atoms with E-state index in [0.29, 0.717) is 5.75 Å². The molecule has 2 aromatic carbocycles. The smallest absolute Gasteiger partial charge is 0.399 e. The van der Waals surface area contributed by atoms with Crippen molar-refractivity contribution < 1.29 is 38.8 Å². The minimum Gasteiger partial charge on any atom is -0.496 e. The summed E-state index contributed by atoms with van der Waals surface area (Å²) >= 11 is 0. The molecule has 1 fully saturated rings. The van der Waals surface area contributed by atoms with E-state index >= 15 is 0 Å². The maximum Gasteiger partial charge on any atom is 0.399 e. The Labute approximate surface area is 171 Å². The zero-order valence-corrected chi connectivity index (χ0v) is 16.0. The highest BCUT2D eigenvalue weighted by Crippen LogP contribution is 2.33. The number of imide groups is 1. The molecule has 30 heavy (non-hydrogen) atoms. The van der Waals surface area contributed by atoms with E-state index in [1.165, 1.54) is 19.2 Å². The van der Waals surface area contributed by atoms with Gasteiger partial charge in [-0.15, -0.1) is 0 Å². The summed E-state index contributed by atoms with van der Waals surface area (Å²) in [6, 6.07) is 11.4. The number of nitrogens with zero attached hydrogens (tertiary/aromatic N) is 1. The largest absolute Gasteiger partial charge is 0.496 e. The molecule has 0 radical (unpaired) electrons. The van der Waals surface area contributed by atoms with Crippen LogP contribution in [0.2, 0.25) is 0 Å². The van der Waals surface area contributed by atoms with E-state index in [1.54, 1.807) is 6.07 Å². The van der Waals surface area contributed by atoms with E-state index in [2.05, 4.69) is 5.32 Å². The predicted molar refractivity (Wildman–Crippen MR) is 101 cm³/mol. The minimum atomic E-state index is -2.10. The van der Waals surface area contributed by atoms with Gasteiger partial charge in [0.1, 0.15) is 10.6 Å². The maximum absolute atomic E-state index is 12.7. The number of carbonyl (C=O) groups is 4. The fourth-order valence-electron chi connectivity index (χ4n) is 3.10. The Morgan fingerprint density at radius 3 is 2.30 bits per heavy atom. The van der Waals surface area contributed by atoms with Gasteiger partial charge in [-0.25, -0.2) is 24.0 Å². The minimum absolute atomic E-state index is 0.209. The normalized spacial score (nSPS) is 16.1. The zero-order valence-electron chi connectivity index (χ0n) is 16.0. The summed E-state index contributed by atoms with van der Waals surface area (Å²) in [5.74, 6) is -2.82. The van der Waals surface area contributed by atoms with Crippen LogP contribution in [0.15, 0.2) is 48.5 Å². The van der Waals surface area contributed by atoms with Gasteiger partial charge in [0, 0.05) is 5.56 Å². The van der Waals surface area contributed by atoms with Crippen LogP contribution in [-0.4, -0.2) is 40.9 Å². The Bertz CT molecular complexity index is 991. The number of quaternary nitrogens is 1. The van der Waals surface area contributed by atoms with Crippen LogP contribution in [-0.2, 0) is 19.2 Å². The number of hydrogen-bond acceptors (Lipinski definition) is 7. The second-order valence-electron chi connectivity index (χ2n) is 6.54. The Morgan fingerprint density at radius 1 is 1.10 bits per heavy atom. The van der Waals surface area contributed by atoms with Gasteiger partial charge >= 0.3 is 23.8 Å². The average molecular weight is 414 g/mol. The van der Waals surface area contributed by atoms with E-state index in [1.807, 2.05) is 30.3 Å². The van der Waals surface area contributed by atoms with Crippen molar-refractivity contribution in [3.8, 4) is 16.9 Å². The summed E-state index contributed by atoms with van der Waals surface area (Å²) in [6.45, 7) is 0. The van der Waals surface area contributed by atoms with Crippen molar-refractivity contribution in [3.63, 3.8) is 0 Å². The lowest BCUT2D eigenvalue weighted by Gasteiger charge is -2.21. The molecule has 10 nitrogen and oxygen atoms in total. The van der Waals surface area contributed by atoms with E-state index in [4.69, 9.17) is 15.3 Å². The fraction of sp³-hybridized carbons (Fsp3) is 0.200. The number of rotatable bonds is 6. The SMILES string of the molecule is COc1cc(C(NC(N)=O)C(=O)O[N+]2(O)C(=O)CCC2=O)ccc1-c1ccccc1. The summed E-state index contributed by atoms with van der Waals surface area (Å²) in [7, 11) is 1.44. The Morgan fingerprint density at radius 2 is 1.73 bits per heavy atom. The van der Waals surface area contributed by atoms with Crippen molar-refractivity contribution in [2.45, 2.75) is 18.9 Å². The molecular weight excluding hydrogens is 394 g/mol. The standard InChI is InChI=1S/C20H19N3O7/c1-29-15-11-13(7-8-14(15)12-5-3-2-4-6-12)18(22-20(21)27)19(26)30-23(28)16(24)9-10-17(23)25/h2-8,11,18,28H,9-10H2,1H3,(H2-,21,22,27)/p+1. The molecule has 2 aromatic rings. The number of hydrogen-bond donors (Lipinski definition) is 3. The highest BCUT2D eigenvalue weighted by Gasteiger charge is 2.56. The molecule has 1 saturated heterocycles. The van der Waals surface area contributed by atoms with Crippen LogP contribution < -0.4 is 15.8 Å². The number of methoxy groups -OCH3 is 1. The van der Waals surface area contributed by atoms with Gasteiger partial charge in [-0.05, 0) is 17.2 Å². The van der Waals surface area contributed by atoms with Gasteiger partial charge in [-0.2, -0.15) is 5.21 Å². The maximum atomic E-state index is 12.7. The molecule has 156 valence electrons. The molecule has 10 heteroatoms. The molecule has 3 rings (SSSR count). The van der Waals surface area contributed by atoms with E-state index in [9.17, 15) is 24.4 Å². The van der Waals surface area contributed by atoms with Crippen molar-refractivity contribution in [3.05, 3.63) is 54.1 Å². The molecular formula is C20H20N3O7+. The first-order valence-electron chi connectivity index (χ1n) is 8.97. The van der Waals surface area contributed by atoms with Gasteiger partial charge in [0.05, 0.1) is 20.0 Å². The quantitative estimate of drug-likeness (QED) is 0.370. The number of nitrogens with one attached hydrogen (secondary N) is 1. The number of benzene rings is 2. The van der Waals surface area contributed by atoms with Gasteiger partial charge in [-0.3, -0.25) is 0 Å². The molecule has 0 aliphatic carbocycles. The lowest BCUT2D eigenvalue weighted by molar-refractivity contribution is -1.12. The van der Waals surface area contributed by atoms with Crippen LogP contribution in [0, 0.1) is 0 Å². The van der Waals surface area contributed by atoms with Crippen LogP contribution in [0.3, 0.4) is 0 Å². The van der Waals surface area contributed by atoms with Crippen molar-refractivity contribution in [1.82, 2.24) is 5.32 Å². The zero-order chi connectivity index (χ0) is 21.9. The van der Waals surface area contributed by atoms with Crippen molar-refractivity contribution in [2.75, 3.05) is 7.11 Å². The molecule has 4 amide bonds. The second kappa shape index (κ2) is 8.31. The van der Waals surface area contributed by atoms with E-state index < -0.39 is 34.7 Å². The van der Waals surface area contributed by atoms with Crippen molar-refractivity contribution in [2.24, 2.45) is 5.73 Å². The Hall–Kier alpha value is -3.76. The number of urea groups is 1. The first-order chi connectivity index (χ1) is 14.3. The summed E-state index contributed by atoms with van der Waals surface area (Å²) in [5.41, 5.74) is 6.96. The highest BCUT2D eigenvalue weighted by molar-refractivity contribution is 5.92. The lowest BCUT2D eigenvalue weighted by Crippen LogP contribution is -2.52. The lowest BCUT2D eigenvalue weighted by atomic mass is 9.99. The van der Waals surface area contributed by atoms with Crippen LogP contribution >= 0.6 is 0 Å². The van der Waals surface area contributed by atoms with Gasteiger partial charge in [0.15, 0.2) is 6.04 Å². The molecule has 0 saturated carbocycles. The molecule has 1 atom stereocenters. The third-order valence-corrected chi connectivity index (χ3v) is 4.62. The van der Waals surface area contributed by atoms with Crippen LogP contribution in [0.1, 0.15) is 24.4 Å². The second-order valence-corrected chi connectivity index (χ2v) is 6.54. The first-order valence-corrected chi connectivity index (χ1v) is 8.97. The number of nitrogens with two attached hydrogens (primary N) is 1. The number of carbonyl (C=O) groups excluding carboxylic acids is 4. The molecule has 1 aliphatic rings. The monoisotopic (exact) mass is 414 g/mol. The van der Waals surface area contributed by atoms with Crippen LogP contribution in [0.5, 0.6) is 5.75 Å². The van der Waals surface area contributed by atoms with Gasteiger partial charge in [-0.1, -0.05) is 42.5 Å². The molecule has 0 spiro atoms. The number of ether oxygens (including phenoxy) is 1. The van der Waals surface area contributed by atoms with Crippen molar-refractivity contribution >= 4 is 23.8 Å². The van der Waals surface area contributed by atoms with Crippen LogP contribution in [0.25, 0.3) is 11.1 Å². The summed E-state index contributed by atoms with van der Waals surface area (Å²) < 4.78 is 5.41. The van der Waals surface area contributed by atoms with Gasteiger partial charge in [0.25, 0.3) is 0 Å². The third kappa shape index (κ3) is 4.00. The molecule has 1 unspecified atom stereocenters. The number of amides is 4. The predicted octanol–water partition coefficient (Wildman–Crippen LogP) is 1.58. The molecule has 4 N–H and O–H groups in total. The van der Waals surface area contributed by atoms with Crippen molar-refractivity contribution in [1.29, 1.82) is 0 Å². The molecule has 0 bridgehead atoms. The summed E-state index contributed by atoms with van der Waals surface area (Å²) in [4.78, 5) is 50.4. The van der Waals surface area contributed by atoms with E-state index in [0.717, 1.165) is 11.1 Å². The third-order valence-electron chi connectivity index (χ3n) is 4.62. The number of primary amides is 1. The number of hydroxylamine groups is 4. The fourth-order valence-corrected chi connectivity index (χ4v) is 3.10. The molecule has 1 aliphatic heterocycles. The van der Waals surface area contributed by atoms with Crippen LogP contribution in [0.4, 0.5) is 4.79 Å².